The van der Waals surface area contributed by atoms with Gasteiger partial charge in [-0.1, -0.05) is 0 Å². The third kappa shape index (κ3) is 4.24. The first-order valence-electron chi connectivity index (χ1n) is 2.50. The largest absolute Gasteiger partial charge is 2.00 e. The molecule has 0 aliphatic carbocycles. The molecule has 1 aromatic rings. The van der Waals surface area contributed by atoms with E-state index in [4.69, 9.17) is 5.11 Å². The molecule has 56 valence electrons. The Morgan fingerprint density at radius 3 is 2.09 bits per heavy atom. The molecule has 1 aromatic carbocycles. The van der Waals surface area contributed by atoms with Gasteiger partial charge in [-0.15, -0.1) is 0 Å². The summed E-state index contributed by atoms with van der Waals surface area (Å²) in [6.07, 6.45) is 0. The van der Waals surface area contributed by atoms with Crippen LogP contribution >= 0.6 is 0 Å². The third-order valence-corrected chi connectivity index (χ3v) is 0.965. The monoisotopic (exact) mass is 374 g/mol. The Morgan fingerprint density at radius 1 is 1.36 bits per heavy atom. The van der Waals surface area contributed by atoms with Crippen LogP contribution in [0.1, 0.15) is 10.4 Å². The summed E-state index contributed by atoms with van der Waals surface area (Å²) in [4.78, 5) is 10.2. The van der Waals surface area contributed by atoms with E-state index in [9.17, 15) is 4.79 Å². The summed E-state index contributed by atoms with van der Waals surface area (Å²) in [5.41, 5.74) is 0.300. The van der Waals surface area contributed by atoms with Gasteiger partial charge in [-0.2, -0.15) is 30.3 Å². The molecule has 2 nitrogen and oxygen atoms in total. The number of carboxylic acid groups (broad SMARTS) is 1. The number of rotatable bonds is 1. The van der Waals surface area contributed by atoms with Gasteiger partial charge >= 0.3 is 37.1 Å². The van der Waals surface area contributed by atoms with Crippen molar-refractivity contribution in [1.82, 2.24) is 0 Å². The summed E-state index contributed by atoms with van der Waals surface area (Å²) in [7, 11) is 0. The van der Waals surface area contributed by atoms with Crippen molar-refractivity contribution in [3.05, 3.63) is 43.3 Å². The summed E-state index contributed by atoms with van der Waals surface area (Å²) >= 11 is 0. The molecular weight excluding hydrogens is 366 g/mol. The van der Waals surface area contributed by atoms with E-state index < -0.39 is 5.97 Å². The molecule has 0 spiro atoms. The molecule has 0 unspecified atom stereocenters. The second-order valence-corrected chi connectivity index (χ2v) is 1.59. The van der Waals surface area contributed by atoms with Crippen molar-refractivity contribution in [3.63, 3.8) is 0 Å². The number of aromatic carboxylic acids is 1. The zero-order valence-corrected chi connectivity index (χ0v) is 10.3. The van der Waals surface area contributed by atoms with Crippen LogP contribution in [-0.2, 0) is 0 Å². The first-order valence-corrected chi connectivity index (χ1v) is 2.50. The molecule has 0 saturated heterocycles. The molecule has 3 heteroatoms. The SMILES string of the molecule is O=C(O)c1cc[c-]cc1.[CH3-].[U+2]. The standard InChI is InChI=1S/C7H5O2.CH3.U/c8-7(9)6-4-2-1-3-5-6;;/h2-5H,(H,8,9);1H3;/q2*-1;+2. The molecule has 0 aromatic heterocycles. The van der Waals surface area contributed by atoms with Crippen LogP contribution in [0.4, 0.5) is 0 Å². The van der Waals surface area contributed by atoms with Gasteiger partial charge in [-0.05, 0) is 5.56 Å². The van der Waals surface area contributed by atoms with Crippen LogP contribution in [0.3, 0.4) is 0 Å². The summed E-state index contributed by atoms with van der Waals surface area (Å²) in [5.74, 6) is -0.899. The molecule has 0 radical (unpaired) electrons. The van der Waals surface area contributed by atoms with E-state index >= 15 is 0 Å². The normalized spacial score (nSPS) is 7.27. The first-order chi connectivity index (χ1) is 4.30. The molecule has 11 heavy (non-hydrogen) atoms. The first kappa shape index (κ1) is 13.3. The number of benzene rings is 1. The van der Waals surface area contributed by atoms with Gasteiger partial charge in [-0.25, -0.2) is 4.79 Å². The number of hydrogen-bond donors (Lipinski definition) is 1. The van der Waals surface area contributed by atoms with Crippen molar-refractivity contribution in [2.24, 2.45) is 0 Å². The van der Waals surface area contributed by atoms with E-state index in [0.717, 1.165) is 0 Å². The minimum atomic E-state index is -0.899. The smallest absolute Gasteiger partial charge is 0.479 e. The predicted octanol–water partition coefficient (Wildman–Crippen LogP) is 1.64. The maximum atomic E-state index is 10.2. The fraction of sp³-hybridized carbons (Fsp3) is 0. The second kappa shape index (κ2) is 6.45. The van der Waals surface area contributed by atoms with E-state index in [-0.39, 0.29) is 38.5 Å². The maximum Gasteiger partial charge on any atom is 2.00 e. The minimum Gasteiger partial charge on any atom is -0.479 e. The molecule has 1 rings (SSSR count). The average Bonchev–Trinajstić information content (AvgIpc) is 1.90. The molecule has 1 N–H and O–H groups in total. The molecule has 0 bridgehead atoms. The Morgan fingerprint density at radius 2 is 1.82 bits per heavy atom. The number of carbonyl (C=O) groups is 1. The van der Waals surface area contributed by atoms with E-state index in [1.807, 2.05) is 0 Å². The third-order valence-electron chi connectivity index (χ3n) is 0.965. The molecule has 0 saturated carbocycles. The van der Waals surface area contributed by atoms with E-state index in [1.165, 1.54) is 12.1 Å². The Bertz CT molecular complexity index is 209. The van der Waals surface area contributed by atoms with Crippen LogP contribution in [0.15, 0.2) is 24.3 Å². The van der Waals surface area contributed by atoms with Gasteiger partial charge in [0.05, 0.1) is 0 Å². The average molecular weight is 374 g/mol. The van der Waals surface area contributed by atoms with Crippen molar-refractivity contribution >= 4 is 5.97 Å². The van der Waals surface area contributed by atoms with Crippen molar-refractivity contribution in [2.45, 2.75) is 0 Å². The summed E-state index contributed by atoms with van der Waals surface area (Å²) in [6.45, 7) is 0. The van der Waals surface area contributed by atoms with E-state index in [0.29, 0.717) is 5.56 Å². The zero-order chi connectivity index (χ0) is 6.69. The molecule has 0 aliphatic heterocycles. The zero-order valence-electron chi connectivity index (χ0n) is 6.16. The van der Waals surface area contributed by atoms with Gasteiger partial charge < -0.3 is 12.5 Å². The summed E-state index contributed by atoms with van der Waals surface area (Å²) < 4.78 is 0. The van der Waals surface area contributed by atoms with Crippen molar-refractivity contribution in [3.8, 4) is 0 Å². The van der Waals surface area contributed by atoms with Crippen LogP contribution in [-0.4, -0.2) is 11.1 Å². The molecular formula is C8H8O2U. The number of hydrogen-bond acceptors (Lipinski definition) is 1. The fourth-order valence-electron chi connectivity index (χ4n) is 0.529. The van der Waals surface area contributed by atoms with Crippen molar-refractivity contribution in [2.75, 3.05) is 0 Å². The van der Waals surface area contributed by atoms with Crippen molar-refractivity contribution < 1.29 is 41.0 Å². The van der Waals surface area contributed by atoms with E-state index in [2.05, 4.69) is 6.07 Å². The molecule has 0 amide bonds. The van der Waals surface area contributed by atoms with Gasteiger partial charge in [0.15, 0.2) is 0 Å². The molecule has 0 heterocycles. The Kier molecular flexibility index (Phi) is 7.82. The summed E-state index contributed by atoms with van der Waals surface area (Å²) in [6, 6.07) is 8.87. The molecule has 0 aliphatic rings. The number of carboxylic acids is 1. The maximum absolute atomic E-state index is 10.2. The van der Waals surface area contributed by atoms with Gasteiger partial charge in [-0.3, -0.25) is 0 Å². The Balaban J connectivity index is 0. The topological polar surface area (TPSA) is 37.3 Å². The van der Waals surface area contributed by atoms with Crippen LogP contribution in [0.2, 0.25) is 0 Å². The predicted molar refractivity (Wildman–Crippen MR) is 38.7 cm³/mol. The Hall–Kier alpha value is -0.258. The van der Waals surface area contributed by atoms with Gasteiger partial charge in [0.2, 0.25) is 0 Å². The minimum absolute atomic E-state index is 0. The summed E-state index contributed by atoms with van der Waals surface area (Å²) in [5, 5.41) is 8.37. The van der Waals surface area contributed by atoms with Crippen LogP contribution in [0.5, 0.6) is 0 Å². The molecule has 0 atom stereocenters. The van der Waals surface area contributed by atoms with Crippen LogP contribution < -0.4 is 0 Å². The van der Waals surface area contributed by atoms with Gasteiger partial charge in [0.1, 0.15) is 0 Å². The van der Waals surface area contributed by atoms with E-state index in [1.54, 1.807) is 12.1 Å². The van der Waals surface area contributed by atoms with Crippen molar-refractivity contribution in [1.29, 1.82) is 0 Å². The van der Waals surface area contributed by atoms with Crippen LogP contribution in [0.25, 0.3) is 0 Å². The quantitative estimate of drug-likeness (QED) is 0.759. The van der Waals surface area contributed by atoms with Gasteiger partial charge in [0.25, 0.3) is 0 Å². The molecule has 0 fully saturated rings. The van der Waals surface area contributed by atoms with Crippen LogP contribution in [0, 0.1) is 44.6 Å². The second-order valence-electron chi connectivity index (χ2n) is 1.59. The Labute approximate surface area is 90.0 Å². The fourth-order valence-corrected chi connectivity index (χ4v) is 0.529. The van der Waals surface area contributed by atoms with Gasteiger partial charge in [0, 0.05) is 0 Å².